The van der Waals surface area contributed by atoms with Gasteiger partial charge in [-0.15, -0.1) is 0 Å². The summed E-state index contributed by atoms with van der Waals surface area (Å²) in [5.74, 6) is 1.80. The van der Waals surface area contributed by atoms with Crippen LogP contribution in [0.25, 0.3) is 0 Å². The lowest BCUT2D eigenvalue weighted by Gasteiger charge is -2.13. The van der Waals surface area contributed by atoms with Crippen LogP contribution < -0.4 is 5.32 Å². The molecule has 1 heterocycles. The van der Waals surface area contributed by atoms with Gasteiger partial charge in [-0.3, -0.25) is 0 Å². The van der Waals surface area contributed by atoms with Crippen molar-refractivity contribution in [1.82, 2.24) is 9.97 Å². The second kappa shape index (κ2) is 4.84. The molecule has 4 heteroatoms. The van der Waals surface area contributed by atoms with Crippen molar-refractivity contribution in [1.29, 1.82) is 0 Å². The summed E-state index contributed by atoms with van der Waals surface area (Å²) in [4.78, 5) is 8.45. The number of thioether (sulfide) groups is 1. The van der Waals surface area contributed by atoms with E-state index < -0.39 is 0 Å². The average molecular weight is 223 g/mol. The van der Waals surface area contributed by atoms with Crippen LogP contribution in [0.5, 0.6) is 0 Å². The molecule has 0 amide bonds. The molecule has 1 aliphatic carbocycles. The van der Waals surface area contributed by atoms with Gasteiger partial charge in [0.1, 0.15) is 11.6 Å². The maximum atomic E-state index is 4.36. The van der Waals surface area contributed by atoms with E-state index in [4.69, 9.17) is 0 Å². The largest absolute Gasteiger partial charge is 0.367 e. The van der Waals surface area contributed by atoms with E-state index in [9.17, 15) is 0 Å². The summed E-state index contributed by atoms with van der Waals surface area (Å²) in [6, 6.07) is 2.54. The predicted octanol–water partition coefficient (Wildman–Crippen LogP) is 2.48. The van der Waals surface area contributed by atoms with E-state index in [1.807, 2.05) is 30.9 Å². The Labute approximate surface area is 95.1 Å². The normalized spacial score (nSPS) is 25.5. The van der Waals surface area contributed by atoms with Gasteiger partial charge in [-0.2, -0.15) is 11.8 Å². The molecule has 82 valence electrons. The number of nitrogens with zero attached hydrogens (tertiary/aromatic N) is 2. The van der Waals surface area contributed by atoms with Crippen molar-refractivity contribution < 1.29 is 0 Å². The van der Waals surface area contributed by atoms with Crippen LogP contribution in [-0.2, 0) is 0 Å². The summed E-state index contributed by atoms with van der Waals surface area (Å²) in [6.45, 7) is 1.92. The van der Waals surface area contributed by atoms with Crippen molar-refractivity contribution >= 4 is 17.6 Å². The van der Waals surface area contributed by atoms with Gasteiger partial charge in [0, 0.05) is 17.5 Å². The van der Waals surface area contributed by atoms with Gasteiger partial charge in [0.15, 0.2) is 0 Å². The van der Waals surface area contributed by atoms with Gasteiger partial charge >= 0.3 is 0 Å². The Kier molecular flexibility index (Phi) is 3.46. The lowest BCUT2D eigenvalue weighted by Crippen LogP contribution is -2.17. The molecule has 1 saturated carbocycles. The van der Waals surface area contributed by atoms with E-state index in [0.717, 1.165) is 16.9 Å². The second-order valence-corrected chi connectivity index (χ2v) is 5.14. The highest BCUT2D eigenvalue weighted by atomic mass is 32.2. The van der Waals surface area contributed by atoms with Crippen molar-refractivity contribution in [2.24, 2.45) is 0 Å². The highest BCUT2D eigenvalue weighted by Gasteiger charge is 2.23. The Hall–Kier alpha value is -0.770. The molecule has 2 rings (SSSR count). The number of aromatic nitrogens is 2. The van der Waals surface area contributed by atoms with E-state index in [0.29, 0.717) is 6.04 Å². The fraction of sp³-hybridized carbons (Fsp3) is 0.636. The minimum absolute atomic E-state index is 0.594. The number of nitrogens with one attached hydrogen (secondary N) is 1. The first-order chi connectivity index (χ1) is 7.28. The molecular weight excluding hydrogens is 206 g/mol. The van der Waals surface area contributed by atoms with E-state index in [-0.39, 0.29) is 0 Å². The number of hydrogen-bond acceptors (Lipinski definition) is 4. The SMILES string of the molecule is CSC1CCC(Nc2ccnc(C)n2)C1. The van der Waals surface area contributed by atoms with Gasteiger partial charge in [0.2, 0.25) is 0 Å². The van der Waals surface area contributed by atoms with Gasteiger partial charge in [-0.25, -0.2) is 9.97 Å². The van der Waals surface area contributed by atoms with Crippen LogP contribution >= 0.6 is 11.8 Å². The van der Waals surface area contributed by atoms with Crippen LogP contribution in [0.4, 0.5) is 5.82 Å². The van der Waals surface area contributed by atoms with Crippen LogP contribution in [0.3, 0.4) is 0 Å². The van der Waals surface area contributed by atoms with Crippen LogP contribution in [0.15, 0.2) is 12.3 Å². The van der Waals surface area contributed by atoms with Gasteiger partial charge in [0.25, 0.3) is 0 Å². The molecule has 0 radical (unpaired) electrons. The molecule has 2 unspecified atom stereocenters. The summed E-state index contributed by atoms with van der Waals surface area (Å²) in [5, 5.41) is 4.31. The van der Waals surface area contributed by atoms with Gasteiger partial charge < -0.3 is 5.32 Å². The smallest absolute Gasteiger partial charge is 0.129 e. The molecule has 0 aliphatic heterocycles. The lowest BCUT2D eigenvalue weighted by molar-refractivity contribution is 0.750. The van der Waals surface area contributed by atoms with Crippen LogP contribution in [-0.4, -0.2) is 27.5 Å². The van der Waals surface area contributed by atoms with E-state index in [1.54, 1.807) is 0 Å². The minimum Gasteiger partial charge on any atom is -0.367 e. The van der Waals surface area contributed by atoms with Gasteiger partial charge in [0.05, 0.1) is 0 Å². The van der Waals surface area contributed by atoms with E-state index in [1.165, 1.54) is 19.3 Å². The maximum Gasteiger partial charge on any atom is 0.129 e. The fourth-order valence-electron chi connectivity index (χ4n) is 2.03. The quantitative estimate of drug-likeness (QED) is 0.854. The molecule has 1 aromatic rings. The van der Waals surface area contributed by atoms with Gasteiger partial charge in [-0.1, -0.05) is 0 Å². The monoisotopic (exact) mass is 223 g/mol. The number of hydrogen-bond donors (Lipinski definition) is 1. The average Bonchev–Trinajstić information content (AvgIpc) is 2.65. The summed E-state index contributed by atoms with van der Waals surface area (Å²) in [5.41, 5.74) is 0. The molecule has 0 spiro atoms. The molecule has 0 bridgehead atoms. The Morgan fingerprint density at radius 3 is 3.00 bits per heavy atom. The predicted molar refractivity (Wildman–Crippen MR) is 65.3 cm³/mol. The second-order valence-electron chi connectivity index (χ2n) is 4.00. The van der Waals surface area contributed by atoms with Crippen LogP contribution in [0.2, 0.25) is 0 Å². The Bertz CT molecular complexity index is 329. The third-order valence-corrected chi connectivity index (χ3v) is 3.94. The standard InChI is InChI=1S/C11H17N3S/c1-8-12-6-5-11(13-8)14-9-3-4-10(7-9)15-2/h5-6,9-10H,3-4,7H2,1-2H3,(H,12,13,14). The zero-order chi connectivity index (χ0) is 10.7. The fourth-order valence-corrected chi connectivity index (χ4v) is 2.83. The molecule has 15 heavy (non-hydrogen) atoms. The zero-order valence-corrected chi connectivity index (χ0v) is 10.0. The number of rotatable bonds is 3. The first-order valence-electron chi connectivity index (χ1n) is 5.37. The van der Waals surface area contributed by atoms with Crippen molar-refractivity contribution in [2.45, 2.75) is 37.5 Å². The minimum atomic E-state index is 0.594. The molecule has 3 nitrogen and oxygen atoms in total. The highest BCUT2D eigenvalue weighted by Crippen LogP contribution is 2.29. The summed E-state index contributed by atoms with van der Waals surface area (Å²) >= 11 is 1.98. The first-order valence-corrected chi connectivity index (χ1v) is 6.65. The topological polar surface area (TPSA) is 37.8 Å². The van der Waals surface area contributed by atoms with Crippen molar-refractivity contribution in [3.05, 3.63) is 18.1 Å². The first kappa shape index (κ1) is 10.7. The van der Waals surface area contributed by atoms with Crippen molar-refractivity contribution in [3.8, 4) is 0 Å². The summed E-state index contributed by atoms with van der Waals surface area (Å²) in [6.07, 6.45) is 7.84. The van der Waals surface area contributed by atoms with Gasteiger partial charge in [-0.05, 0) is 38.5 Å². The molecule has 1 aliphatic rings. The van der Waals surface area contributed by atoms with Crippen LogP contribution in [0, 0.1) is 6.92 Å². The molecular formula is C11H17N3S. The molecule has 1 N–H and O–H groups in total. The summed E-state index contributed by atoms with van der Waals surface area (Å²) in [7, 11) is 0. The number of anilines is 1. The van der Waals surface area contributed by atoms with E-state index >= 15 is 0 Å². The Morgan fingerprint density at radius 1 is 1.47 bits per heavy atom. The maximum absolute atomic E-state index is 4.36. The summed E-state index contributed by atoms with van der Waals surface area (Å²) < 4.78 is 0. The Morgan fingerprint density at radius 2 is 2.33 bits per heavy atom. The highest BCUT2D eigenvalue weighted by molar-refractivity contribution is 7.99. The Balaban J connectivity index is 1.92. The molecule has 1 aromatic heterocycles. The molecule has 2 atom stereocenters. The number of aryl methyl sites for hydroxylation is 1. The third-order valence-electron chi connectivity index (χ3n) is 2.85. The zero-order valence-electron chi connectivity index (χ0n) is 9.23. The lowest BCUT2D eigenvalue weighted by atomic mass is 10.2. The van der Waals surface area contributed by atoms with Crippen molar-refractivity contribution in [3.63, 3.8) is 0 Å². The third kappa shape index (κ3) is 2.84. The van der Waals surface area contributed by atoms with E-state index in [2.05, 4.69) is 21.5 Å². The van der Waals surface area contributed by atoms with Crippen LogP contribution in [0.1, 0.15) is 25.1 Å². The molecule has 1 fully saturated rings. The molecule has 0 aromatic carbocycles. The molecule has 0 saturated heterocycles. The van der Waals surface area contributed by atoms with Crippen molar-refractivity contribution in [2.75, 3.05) is 11.6 Å².